The van der Waals surface area contributed by atoms with Gasteiger partial charge in [-0.15, -0.1) is 0 Å². The fourth-order valence-corrected chi connectivity index (χ4v) is 3.26. The molecule has 0 bridgehead atoms. The Labute approximate surface area is 127 Å². The Bertz CT molecular complexity index is 875. The van der Waals surface area contributed by atoms with E-state index in [-0.39, 0.29) is 5.56 Å². The van der Waals surface area contributed by atoms with E-state index in [1.807, 2.05) is 23.7 Å². The van der Waals surface area contributed by atoms with Gasteiger partial charge in [-0.25, -0.2) is 9.67 Å². The molecule has 1 fully saturated rings. The number of pyridine rings is 1. The molecular formula is C16H17N5O. The zero-order valence-corrected chi connectivity index (χ0v) is 12.4. The summed E-state index contributed by atoms with van der Waals surface area (Å²) in [5.74, 6) is 0.546. The van der Waals surface area contributed by atoms with Crippen LogP contribution in [0, 0.1) is 6.92 Å². The summed E-state index contributed by atoms with van der Waals surface area (Å²) in [6, 6.07) is 4.08. The predicted molar refractivity (Wildman–Crippen MR) is 83.6 cm³/mol. The van der Waals surface area contributed by atoms with E-state index in [0.717, 1.165) is 24.1 Å². The van der Waals surface area contributed by atoms with Crippen LogP contribution in [0.3, 0.4) is 0 Å². The van der Waals surface area contributed by atoms with Gasteiger partial charge in [0.2, 0.25) is 0 Å². The van der Waals surface area contributed by atoms with Crippen LogP contribution >= 0.6 is 0 Å². The minimum atomic E-state index is -0.134. The van der Waals surface area contributed by atoms with E-state index in [1.54, 1.807) is 12.4 Å². The van der Waals surface area contributed by atoms with Crippen molar-refractivity contribution in [1.29, 1.82) is 0 Å². The van der Waals surface area contributed by atoms with E-state index in [2.05, 4.69) is 20.1 Å². The third-order valence-electron chi connectivity index (χ3n) is 4.34. The molecule has 0 amide bonds. The Morgan fingerprint density at radius 3 is 2.86 bits per heavy atom. The van der Waals surface area contributed by atoms with Crippen LogP contribution in [0.1, 0.15) is 37.4 Å². The standard InChI is InChI=1S/C16H17N5O/c1-10-13-15(21(20-10)12-6-2-3-7-12)18-14(19-16(13)22)11-5-4-8-17-9-11/h4-5,8-9,12H,2-3,6-7H2,1H3,(H,18,19,22). The average molecular weight is 295 g/mol. The maximum Gasteiger partial charge on any atom is 0.262 e. The summed E-state index contributed by atoms with van der Waals surface area (Å²) >= 11 is 0. The van der Waals surface area contributed by atoms with E-state index >= 15 is 0 Å². The van der Waals surface area contributed by atoms with Crippen molar-refractivity contribution in [3.8, 4) is 11.4 Å². The molecule has 3 heterocycles. The number of hydrogen-bond donors (Lipinski definition) is 1. The number of nitrogens with zero attached hydrogens (tertiary/aromatic N) is 4. The van der Waals surface area contributed by atoms with Gasteiger partial charge in [-0.3, -0.25) is 9.78 Å². The van der Waals surface area contributed by atoms with Crippen LogP contribution in [0.5, 0.6) is 0 Å². The first kappa shape index (κ1) is 13.2. The van der Waals surface area contributed by atoms with Gasteiger partial charge in [0.05, 0.1) is 11.7 Å². The fraction of sp³-hybridized carbons (Fsp3) is 0.375. The first-order chi connectivity index (χ1) is 10.7. The summed E-state index contributed by atoms with van der Waals surface area (Å²) in [5.41, 5.74) is 2.10. The summed E-state index contributed by atoms with van der Waals surface area (Å²) in [4.78, 5) is 24.1. The third-order valence-corrected chi connectivity index (χ3v) is 4.34. The van der Waals surface area contributed by atoms with Gasteiger partial charge in [-0.2, -0.15) is 5.10 Å². The smallest absolute Gasteiger partial charge is 0.262 e. The highest BCUT2D eigenvalue weighted by atomic mass is 16.1. The molecule has 3 aromatic rings. The van der Waals surface area contributed by atoms with E-state index in [9.17, 15) is 4.79 Å². The quantitative estimate of drug-likeness (QED) is 0.788. The second-order valence-electron chi connectivity index (χ2n) is 5.82. The van der Waals surface area contributed by atoms with Gasteiger partial charge < -0.3 is 4.98 Å². The van der Waals surface area contributed by atoms with Gasteiger partial charge >= 0.3 is 0 Å². The minimum absolute atomic E-state index is 0.134. The molecule has 1 aliphatic carbocycles. The zero-order chi connectivity index (χ0) is 15.1. The Morgan fingerprint density at radius 1 is 1.32 bits per heavy atom. The second-order valence-corrected chi connectivity index (χ2v) is 5.82. The highest BCUT2D eigenvalue weighted by molar-refractivity contribution is 5.79. The van der Waals surface area contributed by atoms with Crippen LogP contribution in [-0.2, 0) is 0 Å². The van der Waals surface area contributed by atoms with Crippen LogP contribution in [0.25, 0.3) is 22.4 Å². The largest absolute Gasteiger partial charge is 0.306 e. The van der Waals surface area contributed by atoms with Gasteiger partial charge in [-0.1, -0.05) is 12.8 Å². The Kier molecular flexibility index (Phi) is 3.03. The van der Waals surface area contributed by atoms with Crippen LogP contribution < -0.4 is 5.56 Å². The lowest BCUT2D eigenvalue weighted by molar-refractivity contribution is 0.476. The van der Waals surface area contributed by atoms with E-state index < -0.39 is 0 Å². The Balaban J connectivity index is 1.95. The monoisotopic (exact) mass is 295 g/mol. The van der Waals surface area contributed by atoms with E-state index in [4.69, 9.17) is 0 Å². The normalized spacial score (nSPS) is 15.7. The summed E-state index contributed by atoms with van der Waals surface area (Å²) < 4.78 is 1.95. The van der Waals surface area contributed by atoms with Crippen molar-refractivity contribution in [3.63, 3.8) is 0 Å². The lowest BCUT2D eigenvalue weighted by Crippen LogP contribution is -2.12. The number of aromatic nitrogens is 5. The lowest BCUT2D eigenvalue weighted by atomic mass is 10.2. The second kappa shape index (κ2) is 5.05. The molecule has 6 nitrogen and oxygen atoms in total. The fourth-order valence-electron chi connectivity index (χ4n) is 3.26. The van der Waals surface area contributed by atoms with Crippen LogP contribution in [0.15, 0.2) is 29.3 Å². The number of aromatic amines is 1. The third kappa shape index (κ3) is 2.03. The molecule has 112 valence electrons. The maximum absolute atomic E-state index is 12.5. The zero-order valence-electron chi connectivity index (χ0n) is 12.4. The number of aryl methyl sites for hydroxylation is 1. The average Bonchev–Trinajstić information content (AvgIpc) is 3.16. The molecule has 0 spiro atoms. The number of nitrogens with one attached hydrogen (secondary N) is 1. The van der Waals surface area contributed by atoms with Crippen LogP contribution in [0.2, 0.25) is 0 Å². The van der Waals surface area contributed by atoms with Crippen molar-refractivity contribution in [1.82, 2.24) is 24.7 Å². The highest BCUT2D eigenvalue weighted by Gasteiger charge is 2.23. The van der Waals surface area contributed by atoms with Crippen LogP contribution in [0.4, 0.5) is 0 Å². The molecule has 0 atom stereocenters. The molecule has 4 rings (SSSR count). The number of rotatable bonds is 2. The SMILES string of the molecule is Cc1nn(C2CCCC2)c2nc(-c3cccnc3)[nH]c(=O)c12. The molecule has 0 saturated heterocycles. The lowest BCUT2D eigenvalue weighted by Gasteiger charge is -2.10. The molecule has 0 aromatic carbocycles. The topological polar surface area (TPSA) is 76.5 Å². The molecule has 0 radical (unpaired) electrons. The highest BCUT2D eigenvalue weighted by Crippen LogP contribution is 2.31. The summed E-state index contributed by atoms with van der Waals surface area (Å²) in [6.45, 7) is 1.87. The van der Waals surface area contributed by atoms with Crippen molar-refractivity contribution < 1.29 is 0 Å². The first-order valence-corrected chi connectivity index (χ1v) is 7.63. The Hall–Kier alpha value is -2.50. The van der Waals surface area contributed by atoms with Crippen molar-refractivity contribution >= 4 is 11.0 Å². The maximum atomic E-state index is 12.5. The minimum Gasteiger partial charge on any atom is -0.306 e. The number of fused-ring (bicyclic) bond motifs is 1. The van der Waals surface area contributed by atoms with E-state index in [0.29, 0.717) is 22.9 Å². The predicted octanol–water partition coefficient (Wildman–Crippen LogP) is 2.61. The summed E-state index contributed by atoms with van der Waals surface area (Å²) in [6.07, 6.45) is 8.04. The summed E-state index contributed by atoms with van der Waals surface area (Å²) in [7, 11) is 0. The molecule has 0 aliphatic heterocycles. The molecule has 22 heavy (non-hydrogen) atoms. The molecule has 6 heteroatoms. The molecule has 1 saturated carbocycles. The van der Waals surface area contributed by atoms with Gasteiger partial charge in [0.1, 0.15) is 11.2 Å². The molecule has 3 aromatic heterocycles. The van der Waals surface area contributed by atoms with Crippen molar-refractivity contribution in [2.75, 3.05) is 0 Å². The van der Waals surface area contributed by atoms with Gasteiger partial charge in [0.15, 0.2) is 5.65 Å². The molecular weight excluding hydrogens is 278 g/mol. The molecule has 0 unspecified atom stereocenters. The molecule has 1 aliphatic rings. The van der Waals surface area contributed by atoms with Crippen molar-refractivity contribution in [3.05, 3.63) is 40.6 Å². The summed E-state index contributed by atoms with van der Waals surface area (Å²) in [5, 5.41) is 5.18. The number of hydrogen-bond acceptors (Lipinski definition) is 4. The van der Waals surface area contributed by atoms with Gasteiger partial charge in [0, 0.05) is 18.0 Å². The van der Waals surface area contributed by atoms with E-state index in [1.165, 1.54) is 12.8 Å². The number of H-pyrrole nitrogens is 1. The first-order valence-electron chi connectivity index (χ1n) is 7.63. The van der Waals surface area contributed by atoms with Crippen LogP contribution in [-0.4, -0.2) is 24.7 Å². The Morgan fingerprint density at radius 2 is 2.14 bits per heavy atom. The van der Waals surface area contributed by atoms with Gasteiger partial charge in [0.25, 0.3) is 5.56 Å². The van der Waals surface area contributed by atoms with Crippen molar-refractivity contribution in [2.24, 2.45) is 0 Å². The van der Waals surface area contributed by atoms with Crippen molar-refractivity contribution in [2.45, 2.75) is 38.6 Å². The van der Waals surface area contributed by atoms with Gasteiger partial charge in [-0.05, 0) is 31.9 Å². The molecule has 1 N–H and O–H groups in total.